The van der Waals surface area contributed by atoms with Gasteiger partial charge in [0.1, 0.15) is 28.5 Å². The van der Waals surface area contributed by atoms with Crippen molar-refractivity contribution in [3.8, 4) is 11.3 Å². The first-order valence-corrected chi connectivity index (χ1v) is 14.7. The number of fused-ring (bicyclic) bond motifs is 3. The number of thiazole rings is 1. The Balaban J connectivity index is 1.02. The molecule has 1 N–H and O–H groups in total. The summed E-state index contributed by atoms with van der Waals surface area (Å²) in [6.07, 6.45) is 2.23. The van der Waals surface area contributed by atoms with Crippen LogP contribution in [0.15, 0.2) is 58.4 Å². The molecule has 1 saturated heterocycles. The van der Waals surface area contributed by atoms with Crippen LogP contribution in [0.5, 0.6) is 0 Å². The number of hydrogen-bond acceptors (Lipinski definition) is 6. The summed E-state index contributed by atoms with van der Waals surface area (Å²) >= 11 is 1.51. The number of nitrogens with one attached hydrogen (secondary N) is 1. The Labute approximate surface area is 239 Å². The van der Waals surface area contributed by atoms with Gasteiger partial charge in [-0.25, -0.2) is 9.37 Å². The fraction of sp³-hybridized carbons (Fsp3) is 0.290. The number of rotatable bonds is 4. The van der Waals surface area contributed by atoms with Crippen LogP contribution >= 0.6 is 11.3 Å². The number of halogens is 1. The summed E-state index contributed by atoms with van der Waals surface area (Å²) in [5.74, 6) is 0.243. The highest BCUT2D eigenvalue weighted by Gasteiger charge is 2.32. The zero-order valence-electron chi connectivity index (χ0n) is 22.5. The smallest absolute Gasteiger partial charge is 0.273 e. The normalized spacial score (nSPS) is 15.9. The largest absolute Gasteiger partial charge is 0.360 e. The lowest BCUT2D eigenvalue weighted by molar-refractivity contribution is 0.0711. The van der Waals surface area contributed by atoms with Crippen LogP contribution < -0.4 is 0 Å². The molecule has 0 spiro atoms. The van der Waals surface area contributed by atoms with Crippen LogP contribution in [-0.2, 0) is 13.0 Å². The van der Waals surface area contributed by atoms with Gasteiger partial charge in [0.25, 0.3) is 11.8 Å². The van der Waals surface area contributed by atoms with E-state index in [1.165, 1.54) is 23.5 Å². The van der Waals surface area contributed by atoms with Gasteiger partial charge in [-0.15, -0.1) is 11.3 Å². The van der Waals surface area contributed by atoms with Crippen molar-refractivity contribution in [2.45, 2.75) is 38.6 Å². The molecular weight excluding hydrogens is 541 g/mol. The molecule has 10 heteroatoms. The van der Waals surface area contributed by atoms with Gasteiger partial charge in [0.15, 0.2) is 0 Å². The Bertz CT molecular complexity index is 1770. The molecule has 0 bridgehead atoms. The molecule has 1 fully saturated rings. The molecule has 41 heavy (non-hydrogen) atoms. The first kappa shape index (κ1) is 25.6. The molecule has 0 aliphatic carbocycles. The monoisotopic (exact) mass is 569 g/mol. The molecule has 2 amide bonds. The molecule has 0 atom stereocenters. The average Bonchev–Trinajstić information content (AvgIpc) is 3.74. The number of likely N-dealkylation sites (tertiary alicyclic amines) is 1. The molecule has 2 aliphatic rings. The molecule has 208 valence electrons. The van der Waals surface area contributed by atoms with Crippen LogP contribution in [0.4, 0.5) is 4.39 Å². The summed E-state index contributed by atoms with van der Waals surface area (Å²) in [7, 11) is 0. The van der Waals surface area contributed by atoms with E-state index in [2.05, 4.69) is 10.1 Å². The number of hydrogen-bond donors (Lipinski definition) is 1. The van der Waals surface area contributed by atoms with Crippen molar-refractivity contribution in [2.75, 3.05) is 19.6 Å². The first-order valence-electron chi connectivity index (χ1n) is 13.8. The summed E-state index contributed by atoms with van der Waals surface area (Å²) in [6, 6.07) is 14.3. The molecule has 0 radical (unpaired) electrons. The number of piperidine rings is 1. The zero-order valence-corrected chi connectivity index (χ0v) is 23.3. The predicted molar refractivity (Wildman–Crippen MR) is 153 cm³/mol. The van der Waals surface area contributed by atoms with E-state index in [0.717, 1.165) is 45.6 Å². The molecule has 3 aromatic heterocycles. The average molecular weight is 570 g/mol. The van der Waals surface area contributed by atoms with Gasteiger partial charge >= 0.3 is 0 Å². The maximum absolute atomic E-state index is 13.9. The molecule has 7 rings (SSSR count). The van der Waals surface area contributed by atoms with E-state index in [0.29, 0.717) is 55.3 Å². The second-order valence-electron chi connectivity index (χ2n) is 10.7. The van der Waals surface area contributed by atoms with Crippen LogP contribution in [0, 0.1) is 12.7 Å². The Morgan fingerprint density at radius 3 is 2.66 bits per heavy atom. The van der Waals surface area contributed by atoms with E-state index in [1.54, 1.807) is 17.9 Å². The van der Waals surface area contributed by atoms with Gasteiger partial charge in [0.2, 0.25) is 0 Å². The number of aromatic amines is 1. The molecule has 2 aliphatic heterocycles. The fourth-order valence-corrected chi connectivity index (χ4v) is 6.96. The topological polar surface area (TPSA) is 95.3 Å². The summed E-state index contributed by atoms with van der Waals surface area (Å²) in [5, 5.41) is 7.76. The van der Waals surface area contributed by atoms with E-state index >= 15 is 0 Å². The summed E-state index contributed by atoms with van der Waals surface area (Å²) in [4.78, 5) is 38.7. The van der Waals surface area contributed by atoms with Gasteiger partial charge in [0.05, 0.1) is 5.01 Å². The number of carbonyl (C=O) groups is 2. The quantitative estimate of drug-likeness (QED) is 0.289. The lowest BCUT2D eigenvalue weighted by atomic mass is 9.96. The van der Waals surface area contributed by atoms with Crippen LogP contribution in [0.1, 0.15) is 61.6 Å². The Hall–Kier alpha value is -4.31. The molecular formula is C31H28FN5O3S. The molecule has 0 saturated carbocycles. The van der Waals surface area contributed by atoms with E-state index in [9.17, 15) is 14.0 Å². The lowest BCUT2D eigenvalue weighted by Gasteiger charge is -2.31. The molecule has 5 heterocycles. The SMILES string of the molecule is Cc1onc(-c2ccccc2)c1C(=O)N1CCC(c2nc(C(=O)N3CCc4[nH]c5ccc(F)cc5c4C3)cs2)CC1. The van der Waals surface area contributed by atoms with Gasteiger partial charge in [0, 0.05) is 71.6 Å². The van der Waals surface area contributed by atoms with Crippen LogP contribution in [0.3, 0.4) is 0 Å². The molecule has 5 aromatic rings. The van der Waals surface area contributed by atoms with Gasteiger partial charge in [-0.1, -0.05) is 35.5 Å². The number of aromatic nitrogens is 3. The van der Waals surface area contributed by atoms with E-state index in [-0.39, 0.29) is 23.5 Å². The first-order chi connectivity index (χ1) is 20.0. The number of amides is 2. The van der Waals surface area contributed by atoms with Gasteiger partial charge in [-0.2, -0.15) is 0 Å². The van der Waals surface area contributed by atoms with E-state index < -0.39 is 0 Å². The Kier molecular flexibility index (Phi) is 6.42. The van der Waals surface area contributed by atoms with Crippen molar-refractivity contribution >= 4 is 34.1 Å². The Morgan fingerprint density at radius 2 is 1.85 bits per heavy atom. The highest BCUT2D eigenvalue weighted by atomic mass is 32.1. The van der Waals surface area contributed by atoms with Crippen LogP contribution in [0.25, 0.3) is 22.2 Å². The number of carbonyl (C=O) groups excluding carboxylic acids is 2. The predicted octanol–water partition coefficient (Wildman–Crippen LogP) is 5.95. The third-order valence-electron chi connectivity index (χ3n) is 8.22. The van der Waals surface area contributed by atoms with Crippen LogP contribution in [-0.4, -0.2) is 56.4 Å². The van der Waals surface area contributed by atoms with Crippen molar-refractivity contribution in [1.29, 1.82) is 0 Å². The highest BCUT2D eigenvalue weighted by molar-refractivity contribution is 7.09. The summed E-state index contributed by atoms with van der Waals surface area (Å²) in [5.41, 5.74) is 5.31. The highest BCUT2D eigenvalue weighted by Crippen LogP contribution is 2.34. The lowest BCUT2D eigenvalue weighted by Crippen LogP contribution is -2.38. The standard InChI is InChI=1S/C31H28FN5O3S/c1-18-27(28(35-40-18)19-5-3-2-4-6-19)31(39)36-12-9-20(10-13-36)29-34-26(17-41-29)30(38)37-14-11-25-23(16-37)22-15-21(32)7-8-24(22)33-25/h2-8,15,17,20,33H,9-14,16H2,1H3. The van der Waals surface area contributed by atoms with E-state index in [4.69, 9.17) is 9.51 Å². The number of H-pyrrole nitrogens is 1. The second kappa shape index (κ2) is 10.3. The van der Waals surface area contributed by atoms with E-state index in [1.807, 2.05) is 40.6 Å². The Morgan fingerprint density at radius 1 is 1.05 bits per heavy atom. The van der Waals surface area contributed by atoms with Gasteiger partial charge in [-0.05, 0) is 38.0 Å². The minimum atomic E-state index is -0.284. The van der Waals surface area contributed by atoms with Crippen molar-refractivity contribution in [3.63, 3.8) is 0 Å². The third kappa shape index (κ3) is 4.61. The van der Waals surface area contributed by atoms with Crippen molar-refractivity contribution in [1.82, 2.24) is 24.9 Å². The summed E-state index contributed by atoms with van der Waals surface area (Å²) < 4.78 is 19.3. The molecule has 0 unspecified atom stereocenters. The summed E-state index contributed by atoms with van der Waals surface area (Å²) in [6.45, 7) is 3.97. The molecule has 2 aromatic carbocycles. The van der Waals surface area contributed by atoms with Crippen molar-refractivity contribution in [3.05, 3.63) is 93.0 Å². The van der Waals surface area contributed by atoms with Gasteiger partial charge < -0.3 is 19.3 Å². The third-order valence-corrected chi connectivity index (χ3v) is 9.23. The minimum absolute atomic E-state index is 0.0716. The zero-order chi connectivity index (χ0) is 28.1. The molecule has 8 nitrogen and oxygen atoms in total. The van der Waals surface area contributed by atoms with Crippen molar-refractivity contribution in [2.24, 2.45) is 0 Å². The maximum Gasteiger partial charge on any atom is 0.273 e. The number of aryl methyl sites for hydroxylation is 1. The van der Waals surface area contributed by atoms with Crippen LogP contribution in [0.2, 0.25) is 0 Å². The number of benzene rings is 2. The maximum atomic E-state index is 13.9. The number of nitrogens with zero attached hydrogens (tertiary/aromatic N) is 4. The van der Waals surface area contributed by atoms with Crippen molar-refractivity contribution < 1.29 is 18.5 Å². The second-order valence-corrected chi connectivity index (χ2v) is 11.6. The minimum Gasteiger partial charge on any atom is -0.360 e. The van der Waals surface area contributed by atoms with Gasteiger partial charge in [-0.3, -0.25) is 9.59 Å². The fourth-order valence-electron chi connectivity index (χ4n) is 6.00.